The van der Waals surface area contributed by atoms with Crippen molar-refractivity contribution in [2.24, 2.45) is 5.92 Å². The minimum absolute atomic E-state index is 0.653. The van der Waals surface area contributed by atoms with E-state index >= 15 is 0 Å². The maximum absolute atomic E-state index is 5.93. The molecule has 0 fully saturated rings. The average molecular weight is 279 g/mol. The molecule has 0 bridgehead atoms. The van der Waals surface area contributed by atoms with Crippen LogP contribution in [0.5, 0.6) is 5.75 Å². The third-order valence-corrected chi connectivity index (χ3v) is 3.12. The van der Waals surface area contributed by atoms with Crippen molar-refractivity contribution >= 4 is 5.69 Å². The van der Waals surface area contributed by atoms with Gasteiger partial charge in [-0.1, -0.05) is 13.8 Å². The van der Waals surface area contributed by atoms with Gasteiger partial charge < -0.3 is 15.4 Å². The fourth-order valence-electron chi connectivity index (χ4n) is 2.25. The molecular formula is C16H29N3O. The Morgan fingerprint density at radius 2 is 1.85 bits per heavy atom. The van der Waals surface area contributed by atoms with E-state index in [0.29, 0.717) is 5.92 Å². The van der Waals surface area contributed by atoms with Crippen molar-refractivity contribution in [3.63, 3.8) is 0 Å². The van der Waals surface area contributed by atoms with Crippen molar-refractivity contribution in [2.75, 3.05) is 46.6 Å². The lowest BCUT2D eigenvalue weighted by Crippen LogP contribution is -2.34. The van der Waals surface area contributed by atoms with Gasteiger partial charge in [0, 0.05) is 37.9 Å². The van der Waals surface area contributed by atoms with E-state index in [0.717, 1.165) is 37.6 Å². The lowest BCUT2D eigenvalue weighted by molar-refractivity contribution is 0.211. The van der Waals surface area contributed by atoms with Gasteiger partial charge in [0.15, 0.2) is 0 Å². The van der Waals surface area contributed by atoms with Crippen LogP contribution in [-0.2, 0) is 6.54 Å². The zero-order chi connectivity index (χ0) is 15.1. The molecule has 0 aliphatic heterocycles. The smallest absolute Gasteiger partial charge is 0.121 e. The maximum atomic E-state index is 5.93. The first kappa shape index (κ1) is 16.8. The van der Waals surface area contributed by atoms with Gasteiger partial charge in [0.2, 0.25) is 0 Å². The number of anilines is 1. The summed E-state index contributed by atoms with van der Waals surface area (Å²) in [7, 11) is 5.89. The Labute approximate surface area is 123 Å². The summed E-state index contributed by atoms with van der Waals surface area (Å²) in [5.41, 5.74) is 7.90. The quantitative estimate of drug-likeness (QED) is 0.741. The predicted octanol–water partition coefficient (Wildman–Crippen LogP) is 2.30. The van der Waals surface area contributed by atoms with Crippen LogP contribution >= 0.6 is 0 Å². The fraction of sp³-hybridized carbons (Fsp3) is 0.625. The van der Waals surface area contributed by atoms with Gasteiger partial charge in [-0.2, -0.15) is 0 Å². The zero-order valence-electron chi connectivity index (χ0n) is 13.5. The van der Waals surface area contributed by atoms with E-state index in [1.807, 2.05) is 12.1 Å². The van der Waals surface area contributed by atoms with Gasteiger partial charge in [-0.25, -0.2) is 0 Å². The van der Waals surface area contributed by atoms with E-state index in [2.05, 4.69) is 43.8 Å². The molecule has 4 nitrogen and oxygen atoms in total. The topological polar surface area (TPSA) is 41.7 Å². The van der Waals surface area contributed by atoms with E-state index in [1.165, 1.54) is 5.56 Å². The second kappa shape index (κ2) is 8.12. The third-order valence-electron chi connectivity index (χ3n) is 3.12. The van der Waals surface area contributed by atoms with Crippen molar-refractivity contribution in [3.8, 4) is 5.75 Å². The molecule has 114 valence electrons. The van der Waals surface area contributed by atoms with Crippen molar-refractivity contribution in [1.29, 1.82) is 0 Å². The first-order valence-electron chi connectivity index (χ1n) is 7.21. The number of methoxy groups -OCH3 is 1. The number of rotatable bonds is 8. The van der Waals surface area contributed by atoms with Gasteiger partial charge >= 0.3 is 0 Å². The van der Waals surface area contributed by atoms with Crippen LogP contribution in [0.2, 0.25) is 0 Å². The highest BCUT2D eigenvalue weighted by Gasteiger charge is 2.10. The van der Waals surface area contributed by atoms with Crippen LogP contribution in [0.3, 0.4) is 0 Å². The number of nitrogen functional groups attached to an aromatic ring is 1. The van der Waals surface area contributed by atoms with Crippen molar-refractivity contribution < 1.29 is 4.74 Å². The standard InChI is InChI=1S/C16H29N3O/c1-13(2)11-19(7-6-18(3)4)12-14-8-15(17)10-16(9-14)20-5/h8-10,13H,6-7,11-12,17H2,1-5H3. The van der Waals surface area contributed by atoms with Crippen molar-refractivity contribution in [2.45, 2.75) is 20.4 Å². The molecule has 0 saturated heterocycles. The van der Waals surface area contributed by atoms with E-state index in [4.69, 9.17) is 10.5 Å². The first-order valence-corrected chi connectivity index (χ1v) is 7.21. The summed E-state index contributed by atoms with van der Waals surface area (Å²) in [6, 6.07) is 5.96. The van der Waals surface area contributed by atoms with Crippen LogP contribution in [0.15, 0.2) is 18.2 Å². The molecule has 0 unspecified atom stereocenters. The zero-order valence-corrected chi connectivity index (χ0v) is 13.5. The highest BCUT2D eigenvalue weighted by Crippen LogP contribution is 2.20. The van der Waals surface area contributed by atoms with Crippen LogP contribution in [0.4, 0.5) is 5.69 Å². The van der Waals surface area contributed by atoms with Crippen LogP contribution in [0.1, 0.15) is 19.4 Å². The molecule has 0 spiro atoms. The largest absolute Gasteiger partial charge is 0.497 e. The number of likely N-dealkylation sites (N-methyl/N-ethyl adjacent to an activating group) is 1. The molecule has 1 aromatic rings. The van der Waals surface area contributed by atoms with E-state index in [-0.39, 0.29) is 0 Å². The van der Waals surface area contributed by atoms with Crippen molar-refractivity contribution in [3.05, 3.63) is 23.8 Å². The maximum Gasteiger partial charge on any atom is 0.121 e. The molecule has 0 heterocycles. The van der Waals surface area contributed by atoms with Crippen LogP contribution in [0, 0.1) is 5.92 Å². The number of nitrogens with zero attached hydrogens (tertiary/aromatic N) is 2. The molecule has 0 radical (unpaired) electrons. The number of hydrogen-bond acceptors (Lipinski definition) is 4. The second-order valence-corrected chi connectivity index (χ2v) is 6.05. The predicted molar refractivity (Wildman–Crippen MR) is 86.1 cm³/mol. The lowest BCUT2D eigenvalue weighted by atomic mass is 10.1. The van der Waals surface area contributed by atoms with Gasteiger partial charge in [-0.15, -0.1) is 0 Å². The Bertz CT molecular complexity index is 405. The Morgan fingerprint density at radius 3 is 2.40 bits per heavy atom. The highest BCUT2D eigenvalue weighted by molar-refractivity contribution is 5.47. The molecular weight excluding hydrogens is 250 g/mol. The van der Waals surface area contributed by atoms with E-state index in [1.54, 1.807) is 7.11 Å². The molecule has 0 amide bonds. The van der Waals surface area contributed by atoms with Crippen LogP contribution in [-0.4, -0.2) is 50.6 Å². The molecule has 0 aromatic heterocycles. The Morgan fingerprint density at radius 1 is 1.15 bits per heavy atom. The van der Waals surface area contributed by atoms with E-state index < -0.39 is 0 Å². The molecule has 20 heavy (non-hydrogen) atoms. The second-order valence-electron chi connectivity index (χ2n) is 6.05. The molecule has 0 atom stereocenters. The summed E-state index contributed by atoms with van der Waals surface area (Å²) in [5.74, 6) is 1.48. The summed E-state index contributed by atoms with van der Waals surface area (Å²) in [6.45, 7) is 8.62. The Balaban J connectivity index is 2.74. The molecule has 1 aromatic carbocycles. The monoisotopic (exact) mass is 279 g/mol. The average Bonchev–Trinajstić information content (AvgIpc) is 2.34. The number of ether oxygens (including phenoxy) is 1. The number of nitrogens with two attached hydrogens (primary N) is 1. The molecule has 2 N–H and O–H groups in total. The molecule has 4 heteroatoms. The summed E-state index contributed by atoms with van der Waals surface area (Å²) < 4.78 is 5.29. The van der Waals surface area contributed by atoms with Gasteiger partial charge in [0.1, 0.15) is 5.75 Å². The molecule has 1 rings (SSSR count). The summed E-state index contributed by atoms with van der Waals surface area (Å²) in [5, 5.41) is 0. The lowest BCUT2D eigenvalue weighted by Gasteiger charge is -2.26. The third kappa shape index (κ3) is 6.26. The summed E-state index contributed by atoms with van der Waals surface area (Å²) in [6.07, 6.45) is 0. The number of benzene rings is 1. The first-order chi connectivity index (χ1) is 9.40. The minimum Gasteiger partial charge on any atom is -0.497 e. The van der Waals surface area contributed by atoms with E-state index in [9.17, 15) is 0 Å². The van der Waals surface area contributed by atoms with Gasteiger partial charge in [0.25, 0.3) is 0 Å². The van der Waals surface area contributed by atoms with Crippen LogP contribution in [0.25, 0.3) is 0 Å². The van der Waals surface area contributed by atoms with Gasteiger partial charge in [-0.3, -0.25) is 4.90 Å². The normalized spacial score (nSPS) is 11.6. The molecule has 0 aliphatic carbocycles. The highest BCUT2D eigenvalue weighted by atomic mass is 16.5. The summed E-state index contributed by atoms with van der Waals surface area (Å²) >= 11 is 0. The molecule has 0 saturated carbocycles. The Hall–Kier alpha value is -1.26. The molecule has 0 aliphatic rings. The van der Waals surface area contributed by atoms with Gasteiger partial charge in [-0.05, 0) is 37.7 Å². The van der Waals surface area contributed by atoms with Crippen LogP contribution < -0.4 is 10.5 Å². The SMILES string of the molecule is COc1cc(N)cc(CN(CCN(C)C)CC(C)C)c1. The van der Waals surface area contributed by atoms with Crippen molar-refractivity contribution in [1.82, 2.24) is 9.80 Å². The Kier molecular flexibility index (Phi) is 6.82. The fourth-order valence-corrected chi connectivity index (χ4v) is 2.25. The summed E-state index contributed by atoms with van der Waals surface area (Å²) in [4.78, 5) is 4.69. The number of hydrogen-bond donors (Lipinski definition) is 1. The minimum atomic E-state index is 0.653. The van der Waals surface area contributed by atoms with Gasteiger partial charge in [0.05, 0.1) is 7.11 Å².